The van der Waals surface area contributed by atoms with Crippen molar-refractivity contribution in [3.05, 3.63) is 59.4 Å². The predicted molar refractivity (Wildman–Crippen MR) is 107 cm³/mol. The molecule has 140 valence electrons. The summed E-state index contributed by atoms with van der Waals surface area (Å²) < 4.78 is 6.93. The van der Waals surface area contributed by atoms with Gasteiger partial charge in [-0.25, -0.2) is 0 Å². The highest BCUT2D eigenvalue weighted by atomic mass is 35.5. The van der Waals surface area contributed by atoms with Crippen molar-refractivity contribution in [3.63, 3.8) is 0 Å². The van der Waals surface area contributed by atoms with Gasteiger partial charge in [-0.15, -0.1) is 0 Å². The van der Waals surface area contributed by atoms with Gasteiger partial charge in [-0.2, -0.15) is 0 Å². The number of carbonyl (C=O) groups excluding carboxylic acids is 2. The Morgan fingerprint density at radius 1 is 1.22 bits per heavy atom. The summed E-state index contributed by atoms with van der Waals surface area (Å²) in [5, 5.41) is 3.18. The molecule has 5 nitrogen and oxygen atoms in total. The van der Waals surface area contributed by atoms with E-state index in [1.165, 1.54) is 0 Å². The molecule has 1 atom stereocenters. The summed E-state index contributed by atoms with van der Waals surface area (Å²) in [6, 6.07) is 12.7. The molecule has 3 aromatic rings. The molecule has 2 heterocycles. The summed E-state index contributed by atoms with van der Waals surface area (Å²) in [6.45, 7) is 3.82. The van der Waals surface area contributed by atoms with Gasteiger partial charge in [0.1, 0.15) is 11.4 Å². The maximum Gasteiger partial charge on any atom is 0.294 e. The maximum atomic E-state index is 13.0. The molecule has 3 rings (SSSR count). The number of ether oxygens (including phenoxy) is 1. The monoisotopic (exact) mass is 384 g/mol. The lowest BCUT2D eigenvalue weighted by molar-refractivity contribution is -0.117. The van der Waals surface area contributed by atoms with Crippen LogP contribution in [0.25, 0.3) is 16.6 Å². The van der Waals surface area contributed by atoms with E-state index in [2.05, 4.69) is 5.32 Å². The number of benzene rings is 1. The number of pyridine rings is 1. The van der Waals surface area contributed by atoms with Crippen molar-refractivity contribution in [1.82, 2.24) is 9.72 Å². The molecule has 1 aromatic carbocycles. The van der Waals surface area contributed by atoms with Crippen LogP contribution in [0, 0.1) is 0 Å². The first-order valence-electron chi connectivity index (χ1n) is 8.75. The number of halogens is 1. The molecule has 0 spiro atoms. The molecule has 0 aliphatic rings. The number of hydrogen-bond donors (Lipinski definition) is 1. The first-order valence-corrected chi connectivity index (χ1v) is 9.13. The Bertz CT molecular complexity index is 1010. The van der Waals surface area contributed by atoms with Gasteiger partial charge >= 0.3 is 0 Å². The lowest BCUT2D eigenvalue weighted by Crippen LogP contribution is -2.37. The van der Waals surface area contributed by atoms with E-state index in [0.29, 0.717) is 22.0 Å². The Morgan fingerprint density at radius 3 is 2.67 bits per heavy atom. The number of rotatable bonds is 6. The van der Waals surface area contributed by atoms with Crippen molar-refractivity contribution in [2.75, 3.05) is 7.11 Å². The molecule has 6 heteroatoms. The molecule has 1 N–H and O–H groups in total. The minimum Gasteiger partial charge on any atom is -0.495 e. The van der Waals surface area contributed by atoms with Gasteiger partial charge in [0.25, 0.3) is 11.7 Å². The van der Waals surface area contributed by atoms with Crippen LogP contribution in [0.3, 0.4) is 0 Å². The average molecular weight is 385 g/mol. The van der Waals surface area contributed by atoms with Crippen molar-refractivity contribution >= 4 is 28.8 Å². The van der Waals surface area contributed by atoms with Gasteiger partial charge in [0, 0.05) is 23.3 Å². The number of fused-ring (bicyclic) bond motifs is 1. The molecule has 0 saturated carbocycles. The Kier molecular flexibility index (Phi) is 5.51. The number of ketones is 1. The van der Waals surface area contributed by atoms with Crippen LogP contribution in [0.5, 0.6) is 5.75 Å². The number of methoxy groups -OCH3 is 1. The lowest BCUT2D eigenvalue weighted by atomic mass is 10.0. The van der Waals surface area contributed by atoms with Gasteiger partial charge in [0.15, 0.2) is 0 Å². The topological polar surface area (TPSA) is 59.8 Å². The number of nitrogens with zero attached hydrogens (tertiary/aromatic N) is 1. The second-order valence-corrected chi connectivity index (χ2v) is 6.77. The smallest absolute Gasteiger partial charge is 0.294 e. The van der Waals surface area contributed by atoms with Crippen LogP contribution in [-0.2, 0) is 4.79 Å². The van der Waals surface area contributed by atoms with Crippen LogP contribution in [0.15, 0.2) is 48.7 Å². The predicted octanol–water partition coefficient (Wildman–Crippen LogP) is 4.37. The molecule has 0 unspecified atom stereocenters. The Labute approximate surface area is 162 Å². The van der Waals surface area contributed by atoms with Crippen LogP contribution in [0.1, 0.15) is 30.8 Å². The van der Waals surface area contributed by atoms with E-state index in [4.69, 9.17) is 16.3 Å². The fourth-order valence-corrected chi connectivity index (χ4v) is 3.17. The highest BCUT2D eigenvalue weighted by Crippen LogP contribution is 2.33. The maximum absolute atomic E-state index is 13.0. The molecule has 0 aliphatic carbocycles. The molecule has 1 amide bonds. The van der Waals surface area contributed by atoms with E-state index in [0.717, 1.165) is 17.5 Å². The summed E-state index contributed by atoms with van der Waals surface area (Å²) in [5.41, 5.74) is 2.52. The van der Waals surface area contributed by atoms with E-state index in [1.807, 2.05) is 44.2 Å². The minimum atomic E-state index is -0.617. The summed E-state index contributed by atoms with van der Waals surface area (Å²) >= 11 is 6.26. The van der Waals surface area contributed by atoms with Crippen molar-refractivity contribution in [2.24, 2.45) is 0 Å². The van der Waals surface area contributed by atoms with Gasteiger partial charge < -0.3 is 14.5 Å². The number of nitrogens with one attached hydrogen (secondary N) is 1. The van der Waals surface area contributed by atoms with Gasteiger partial charge in [-0.05, 0) is 49.2 Å². The van der Waals surface area contributed by atoms with Crippen LogP contribution in [-0.4, -0.2) is 29.2 Å². The number of aromatic nitrogens is 1. The standard InChI is InChI=1S/C21H21ClN2O3/c1-4-13(2)23-21(26)20(25)19-16(12-15-7-5-6-10-24(15)19)14-8-9-18(27-3)17(22)11-14/h5-13H,4H2,1-3H3,(H,23,26)/t13-/m1/s1. The highest BCUT2D eigenvalue weighted by molar-refractivity contribution is 6.43. The van der Waals surface area contributed by atoms with E-state index in [-0.39, 0.29) is 6.04 Å². The van der Waals surface area contributed by atoms with Gasteiger partial charge in [-0.3, -0.25) is 9.59 Å². The van der Waals surface area contributed by atoms with E-state index >= 15 is 0 Å². The first kappa shape index (κ1) is 19.0. The van der Waals surface area contributed by atoms with Crippen LogP contribution in [0.4, 0.5) is 0 Å². The molecule has 0 fully saturated rings. The van der Waals surface area contributed by atoms with Crippen LogP contribution >= 0.6 is 11.6 Å². The zero-order valence-electron chi connectivity index (χ0n) is 15.5. The van der Waals surface area contributed by atoms with Crippen molar-refractivity contribution in [2.45, 2.75) is 26.3 Å². The van der Waals surface area contributed by atoms with E-state index in [9.17, 15) is 9.59 Å². The SMILES string of the molecule is CC[C@@H](C)NC(=O)C(=O)c1c(-c2ccc(OC)c(Cl)c2)cc2ccccn12. The molecule has 0 aliphatic heterocycles. The molecule has 0 saturated heterocycles. The molecule has 2 aromatic heterocycles. The third-order valence-electron chi connectivity index (χ3n) is 4.55. The number of amides is 1. The minimum absolute atomic E-state index is 0.0773. The first-order chi connectivity index (χ1) is 13.0. The van der Waals surface area contributed by atoms with Crippen molar-refractivity contribution in [1.29, 1.82) is 0 Å². The highest BCUT2D eigenvalue weighted by Gasteiger charge is 2.25. The normalized spacial score (nSPS) is 12.0. The summed E-state index contributed by atoms with van der Waals surface area (Å²) in [4.78, 5) is 25.5. The quantitative estimate of drug-likeness (QED) is 0.507. The van der Waals surface area contributed by atoms with Crippen LogP contribution < -0.4 is 10.1 Å². The third-order valence-corrected chi connectivity index (χ3v) is 4.85. The second kappa shape index (κ2) is 7.84. The average Bonchev–Trinajstić information content (AvgIpc) is 3.06. The Hall–Kier alpha value is -2.79. The van der Waals surface area contributed by atoms with Crippen molar-refractivity contribution < 1.29 is 14.3 Å². The van der Waals surface area contributed by atoms with E-state index in [1.54, 1.807) is 29.8 Å². The fourth-order valence-electron chi connectivity index (χ4n) is 2.91. The summed E-state index contributed by atoms with van der Waals surface area (Å²) in [7, 11) is 1.54. The second-order valence-electron chi connectivity index (χ2n) is 6.36. The lowest BCUT2D eigenvalue weighted by Gasteiger charge is -2.12. The largest absolute Gasteiger partial charge is 0.495 e. The Morgan fingerprint density at radius 2 is 2.00 bits per heavy atom. The number of Topliss-reactive ketones (excluding diaryl/α,β-unsaturated/α-hetero) is 1. The summed E-state index contributed by atoms with van der Waals surface area (Å²) in [5.74, 6) is -0.649. The zero-order chi connectivity index (χ0) is 19.6. The number of hydrogen-bond acceptors (Lipinski definition) is 3. The molecular formula is C21H21ClN2O3. The molecule has 0 bridgehead atoms. The zero-order valence-corrected chi connectivity index (χ0v) is 16.2. The summed E-state index contributed by atoms with van der Waals surface area (Å²) in [6.07, 6.45) is 2.52. The van der Waals surface area contributed by atoms with Crippen LogP contribution in [0.2, 0.25) is 5.02 Å². The third kappa shape index (κ3) is 3.69. The van der Waals surface area contributed by atoms with Gasteiger partial charge in [0.05, 0.1) is 12.1 Å². The molecular weight excluding hydrogens is 364 g/mol. The number of carbonyl (C=O) groups is 2. The Balaban J connectivity index is 2.14. The molecule has 0 radical (unpaired) electrons. The van der Waals surface area contributed by atoms with Gasteiger partial charge in [0.2, 0.25) is 0 Å². The van der Waals surface area contributed by atoms with Crippen molar-refractivity contribution in [3.8, 4) is 16.9 Å². The van der Waals surface area contributed by atoms with E-state index < -0.39 is 11.7 Å². The molecule has 27 heavy (non-hydrogen) atoms. The van der Waals surface area contributed by atoms with Gasteiger partial charge in [-0.1, -0.05) is 30.7 Å². The fraction of sp³-hybridized carbons (Fsp3) is 0.238.